The number of anilines is 1. The molecular weight excluding hydrogens is 275 g/mol. The van der Waals surface area contributed by atoms with E-state index in [1.54, 1.807) is 0 Å². The van der Waals surface area contributed by atoms with E-state index in [4.69, 9.17) is 10.2 Å². The summed E-state index contributed by atoms with van der Waals surface area (Å²) in [6.07, 6.45) is -3.05. The van der Waals surface area contributed by atoms with Crippen molar-refractivity contribution in [2.24, 2.45) is 0 Å². The van der Waals surface area contributed by atoms with Crippen LogP contribution in [0, 0.1) is 0 Å². The van der Waals surface area contributed by atoms with E-state index in [1.165, 1.54) is 12.3 Å². The Labute approximate surface area is 109 Å². The molecule has 0 radical (unpaired) electrons. The Bertz CT molecular complexity index is 761. The summed E-state index contributed by atoms with van der Waals surface area (Å²) in [5.41, 5.74) is 7.37. The third kappa shape index (κ3) is 2.06. The molecule has 0 bridgehead atoms. The van der Waals surface area contributed by atoms with Crippen LogP contribution in [0.15, 0.2) is 22.7 Å². The van der Waals surface area contributed by atoms with Crippen LogP contribution in [0.1, 0.15) is 17.1 Å². The molecule has 0 saturated carbocycles. The van der Waals surface area contributed by atoms with Crippen LogP contribution in [-0.4, -0.2) is 20.4 Å². The highest BCUT2D eigenvalue weighted by Crippen LogP contribution is 2.32. The molecular formula is C11H8F3N5O. The first-order valence-corrected chi connectivity index (χ1v) is 5.55. The molecule has 0 aliphatic heterocycles. The zero-order valence-electron chi connectivity index (χ0n) is 9.90. The van der Waals surface area contributed by atoms with Crippen LogP contribution < -0.4 is 5.73 Å². The van der Waals surface area contributed by atoms with Gasteiger partial charge >= 0.3 is 6.18 Å². The van der Waals surface area contributed by atoms with Gasteiger partial charge in [0.1, 0.15) is 11.3 Å². The molecule has 0 fully saturated rings. The first-order chi connectivity index (χ1) is 9.45. The van der Waals surface area contributed by atoms with Crippen LogP contribution in [0.5, 0.6) is 0 Å². The van der Waals surface area contributed by atoms with Gasteiger partial charge in [-0.2, -0.15) is 23.5 Å². The summed E-state index contributed by atoms with van der Waals surface area (Å²) in [6, 6.07) is 2.14. The van der Waals surface area contributed by atoms with E-state index in [9.17, 15) is 13.2 Å². The highest BCUT2D eigenvalue weighted by molar-refractivity contribution is 5.79. The Morgan fingerprint density at radius 1 is 1.25 bits per heavy atom. The van der Waals surface area contributed by atoms with Crippen molar-refractivity contribution >= 4 is 16.9 Å². The summed E-state index contributed by atoms with van der Waals surface area (Å²) in [4.78, 5) is 3.95. The van der Waals surface area contributed by atoms with E-state index in [0.29, 0.717) is 22.4 Å². The Morgan fingerprint density at radius 2 is 2.05 bits per heavy atom. The molecule has 0 aliphatic rings. The number of rotatable bonds is 2. The summed E-state index contributed by atoms with van der Waals surface area (Å²) in [5, 5.41) is 10.1. The monoisotopic (exact) mass is 283 g/mol. The van der Waals surface area contributed by atoms with Gasteiger partial charge in [-0.15, -0.1) is 5.10 Å². The molecule has 0 unspecified atom stereocenters. The lowest BCUT2D eigenvalue weighted by Gasteiger charge is -2.04. The largest absolute Gasteiger partial charge is 0.456 e. The Balaban J connectivity index is 1.99. The molecule has 20 heavy (non-hydrogen) atoms. The topological polar surface area (TPSA) is 93.6 Å². The van der Waals surface area contributed by atoms with Gasteiger partial charge in [-0.05, 0) is 12.1 Å². The summed E-state index contributed by atoms with van der Waals surface area (Å²) in [6.45, 7) is 0. The van der Waals surface area contributed by atoms with Crippen molar-refractivity contribution < 1.29 is 17.6 Å². The normalized spacial score (nSPS) is 12.2. The van der Waals surface area contributed by atoms with Crippen molar-refractivity contribution in [3.63, 3.8) is 0 Å². The minimum absolute atomic E-state index is 0.0769. The van der Waals surface area contributed by atoms with E-state index in [-0.39, 0.29) is 12.2 Å². The molecule has 0 aliphatic carbocycles. The number of alkyl halides is 3. The molecule has 3 aromatic heterocycles. The number of pyridine rings is 1. The molecule has 0 spiro atoms. The number of H-pyrrole nitrogens is 1. The minimum atomic E-state index is -4.51. The second-order valence-corrected chi connectivity index (χ2v) is 4.13. The Hall–Kier alpha value is -2.58. The van der Waals surface area contributed by atoms with Crippen molar-refractivity contribution in [1.82, 2.24) is 20.4 Å². The molecule has 0 saturated heterocycles. The molecule has 3 heterocycles. The van der Waals surface area contributed by atoms with Gasteiger partial charge in [-0.3, -0.25) is 0 Å². The van der Waals surface area contributed by atoms with Crippen molar-refractivity contribution in [2.75, 3.05) is 5.73 Å². The Kier molecular flexibility index (Phi) is 2.63. The van der Waals surface area contributed by atoms with Gasteiger partial charge in [0.25, 0.3) is 0 Å². The number of aromatic nitrogens is 4. The maximum atomic E-state index is 12.5. The number of hydrogen-bond donors (Lipinski definition) is 2. The number of halogens is 3. The highest BCUT2D eigenvalue weighted by atomic mass is 19.4. The SMILES string of the molecule is Nc1cnc2n[nH]nc2c1Cc1ccc(C(F)(F)F)o1. The van der Waals surface area contributed by atoms with E-state index >= 15 is 0 Å². The Morgan fingerprint density at radius 3 is 2.75 bits per heavy atom. The van der Waals surface area contributed by atoms with Gasteiger partial charge < -0.3 is 10.2 Å². The minimum Gasteiger partial charge on any atom is -0.456 e. The van der Waals surface area contributed by atoms with E-state index < -0.39 is 11.9 Å². The van der Waals surface area contributed by atoms with Gasteiger partial charge in [0.2, 0.25) is 11.4 Å². The molecule has 0 aromatic carbocycles. The van der Waals surface area contributed by atoms with Gasteiger partial charge in [0.15, 0.2) is 0 Å². The predicted molar refractivity (Wildman–Crippen MR) is 62.6 cm³/mol. The fourth-order valence-corrected chi connectivity index (χ4v) is 1.85. The first-order valence-electron chi connectivity index (χ1n) is 5.55. The summed E-state index contributed by atoms with van der Waals surface area (Å²) >= 11 is 0. The van der Waals surface area contributed by atoms with Crippen LogP contribution >= 0.6 is 0 Å². The number of fused-ring (bicyclic) bond motifs is 1. The van der Waals surface area contributed by atoms with E-state index in [0.717, 1.165) is 6.07 Å². The average Bonchev–Trinajstić information content (AvgIpc) is 3.00. The van der Waals surface area contributed by atoms with Crippen LogP contribution in [0.2, 0.25) is 0 Å². The molecule has 6 nitrogen and oxygen atoms in total. The molecule has 9 heteroatoms. The fourth-order valence-electron chi connectivity index (χ4n) is 1.85. The second-order valence-electron chi connectivity index (χ2n) is 4.13. The zero-order valence-corrected chi connectivity index (χ0v) is 9.90. The lowest BCUT2D eigenvalue weighted by Crippen LogP contribution is -2.02. The molecule has 3 aromatic rings. The van der Waals surface area contributed by atoms with Gasteiger partial charge in [0, 0.05) is 12.0 Å². The molecule has 3 N–H and O–H groups in total. The summed E-state index contributed by atoms with van der Waals surface area (Å²) < 4.78 is 42.2. The van der Waals surface area contributed by atoms with Gasteiger partial charge in [-0.1, -0.05) is 0 Å². The van der Waals surface area contributed by atoms with Crippen molar-refractivity contribution in [3.8, 4) is 0 Å². The van der Waals surface area contributed by atoms with Crippen molar-refractivity contribution in [3.05, 3.63) is 35.4 Å². The van der Waals surface area contributed by atoms with Crippen LogP contribution in [0.4, 0.5) is 18.9 Å². The van der Waals surface area contributed by atoms with Gasteiger partial charge in [-0.25, -0.2) is 4.98 Å². The molecule has 3 rings (SSSR count). The van der Waals surface area contributed by atoms with E-state index in [1.807, 2.05) is 0 Å². The summed E-state index contributed by atoms with van der Waals surface area (Å²) in [5.74, 6) is -0.906. The van der Waals surface area contributed by atoms with Crippen LogP contribution in [0.3, 0.4) is 0 Å². The number of aromatic amines is 1. The standard InChI is InChI=1S/C11H8F3N5O/c12-11(13,14)8-2-1-5(20-8)3-6-7(15)4-16-10-9(6)17-19-18-10/h1-2,4H,3,15H2,(H,16,17,18,19). The third-order valence-electron chi connectivity index (χ3n) is 2.78. The number of nitrogen functional groups attached to an aromatic ring is 1. The average molecular weight is 283 g/mol. The van der Waals surface area contributed by atoms with Crippen molar-refractivity contribution in [1.29, 1.82) is 0 Å². The third-order valence-corrected chi connectivity index (χ3v) is 2.78. The number of nitrogens with zero attached hydrogens (tertiary/aromatic N) is 3. The van der Waals surface area contributed by atoms with Gasteiger partial charge in [0.05, 0.1) is 11.9 Å². The smallest absolute Gasteiger partial charge is 0.449 e. The van der Waals surface area contributed by atoms with Crippen molar-refractivity contribution in [2.45, 2.75) is 12.6 Å². The van der Waals surface area contributed by atoms with E-state index in [2.05, 4.69) is 20.4 Å². The molecule has 0 amide bonds. The second kappa shape index (κ2) is 4.22. The van der Waals surface area contributed by atoms with Crippen LogP contribution in [-0.2, 0) is 12.6 Å². The quantitative estimate of drug-likeness (QED) is 0.751. The maximum absolute atomic E-state index is 12.5. The zero-order chi connectivity index (χ0) is 14.3. The predicted octanol–water partition coefficient (Wildman–Crippen LogP) is 2.14. The fraction of sp³-hybridized carbons (Fsp3) is 0.182. The number of furan rings is 1. The van der Waals surface area contributed by atoms with Crippen LogP contribution in [0.25, 0.3) is 11.2 Å². The number of nitrogens with two attached hydrogens (primary N) is 1. The number of hydrogen-bond acceptors (Lipinski definition) is 5. The lowest BCUT2D eigenvalue weighted by molar-refractivity contribution is -0.153. The lowest BCUT2D eigenvalue weighted by atomic mass is 10.1. The maximum Gasteiger partial charge on any atom is 0.449 e. The highest BCUT2D eigenvalue weighted by Gasteiger charge is 2.34. The molecule has 104 valence electrons. The number of nitrogens with one attached hydrogen (secondary N) is 1. The molecule has 0 atom stereocenters. The summed E-state index contributed by atoms with van der Waals surface area (Å²) in [7, 11) is 0. The first kappa shape index (κ1) is 12.5.